The van der Waals surface area contributed by atoms with Crippen molar-refractivity contribution in [3.05, 3.63) is 42.5 Å². The molecule has 2 saturated heterocycles. The third-order valence-electron chi connectivity index (χ3n) is 4.72. The molecule has 2 heterocycles. The van der Waals surface area contributed by atoms with Crippen LogP contribution in [0.25, 0.3) is 0 Å². The Morgan fingerprint density at radius 1 is 1.24 bits per heavy atom. The van der Waals surface area contributed by atoms with Crippen LogP contribution in [0.1, 0.15) is 24.8 Å². The van der Waals surface area contributed by atoms with Crippen LogP contribution in [0, 0.1) is 5.92 Å². The first-order chi connectivity index (χ1) is 12.1. The molecule has 0 radical (unpaired) electrons. The zero-order valence-electron chi connectivity index (χ0n) is 14.2. The lowest BCUT2D eigenvalue weighted by molar-refractivity contribution is -0.128. The minimum absolute atomic E-state index is 0.000293. The number of likely N-dealkylation sites (tertiary alicyclic amines) is 1. The molecule has 1 aromatic carbocycles. The van der Waals surface area contributed by atoms with Crippen molar-refractivity contribution in [2.45, 2.75) is 25.8 Å². The fourth-order valence-electron chi connectivity index (χ4n) is 3.33. The smallest absolute Gasteiger partial charge is 0.227 e. The van der Waals surface area contributed by atoms with Gasteiger partial charge >= 0.3 is 0 Å². The largest absolute Gasteiger partial charge is 0.352 e. The number of carbonyl (C=O) groups is 3. The van der Waals surface area contributed by atoms with E-state index in [0.717, 1.165) is 24.2 Å². The van der Waals surface area contributed by atoms with Crippen molar-refractivity contribution >= 4 is 23.4 Å². The first kappa shape index (κ1) is 17.2. The third-order valence-corrected chi connectivity index (χ3v) is 4.72. The summed E-state index contributed by atoms with van der Waals surface area (Å²) < 4.78 is 0. The van der Waals surface area contributed by atoms with Gasteiger partial charge in [0.25, 0.3) is 0 Å². The van der Waals surface area contributed by atoms with Crippen molar-refractivity contribution in [3.8, 4) is 0 Å². The van der Waals surface area contributed by atoms with Crippen LogP contribution in [0.5, 0.6) is 0 Å². The molecule has 6 nitrogen and oxygen atoms in total. The van der Waals surface area contributed by atoms with E-state index in [1.165, 1.54) is 0 Å². The molecule has 6 heteroatoms. The number of nitrogens with one attached hydrogen (secondary N) is 1. The van der Waals surface area contributed by atoms with Crippen LogP contribution < -0.4 is 10.2 Å². The maximum Gasteiger partial charge on any atom is 0.227 e. The zero-order chi connectivity index (χ0) is 17.8. The summed E-state index contributed by atoms with van der Waals surface area (Å²) in [5, 5.41) is 2.90. The van der Waals surface area contributed by atoms with E-state index in [1.807, 2.05) is 24.3 Å². The summed E-state index contributed by atoms with van der Waals surface area (Å²) in [6.07, 6.45) is 3.45. The molecule has 25 heavy (non-hydrogen) atoms. The highest BCUT2D eigenvalue weighted by atomic mass is 16.2. The van der Waals surface area contributed by atoms with Crippen LogP contribution in [0.4, 0.5) is 5.69 Å². The summed E-state index contributed by atoms with van der Waals surface area (Å²) in [7, 11) is 0. The number of rotatable bonds is 6. The van der Waals surface area contributed by atoms with Gasteiger partial charge in [-0.15, -0.1) is 6.58 Å². The molecule has 2 aliphatic rings. The van der Waals surface area contributed by atoms with Gasteiger partial charge in [0.2, 0.25) is 17.7 Å². The summed E-state index contributed by atoms with van der Waals surface area (Å²) in [6, 6.07) is 7.67. The molecular weight excluding hydrogens is 318 g/mol. The summed E-state index contributed by atoms with van der Waals surface area (Å²) in [5.41, 5.74) is 1.87. The lowest BCUT2D eigenvalue weighted by Gasteiger charge is -2.16. The molecule has 1 aromatic rings. The molecule has 3 rings (SSSR count). The van der Waals surface area contributed by atoms with Crippen LogP contribution in [0.15, 0.2) is 36.9 Å². The Labute approximate surface area is 147 Å². The molecule has 2 aliphatic heterocycles. The quantitative estimate of drug-likeness (QED) is 0.797. The predicted molar refractivity (Wildman–Crippen MR) is 94.8 cm³/mol. The Bertz CT molecular complexity index is 684. The summed E-state index contributed by atoms with van der Waals surface area (Å²) in [6.45, 7) is 5.75. The van der Waals surface area contributed by atoms with Gasteiger partial charge in [0.15, 0.2) is 0 Å². The second-order valence-corrected chi connectivity index (χ2v) is 6.52. The SMILES string of the molecule is C=CCN1CC(C(=O)NCc2ccc(N3CCCC3=O)cc2)CC1=O. The number of amides is 3. The van der Waals surface area contributed by atoms with Crippen molar-refractivity contribution in [2.75, 3.05) is 24.5 Å². The monoisotopic (exact) mass is 341 g/mol. The van der Waals surface area contributed by atoms with Crippen LogP contribution in [0.2, 0.25) is 0 Å². The average Bonchev–Trinajstić information content (AvgIpc) is 3.20. The fraction of sp³-hybridized carbons (Fsp3) is 0.421. The first-order valence-corrected chi connectivity index (χ1v) is 8.64. The summed E-state index contributed by atoms with van der Waals surface area (Å²) >= 11 is 0. The Morgan fingerprint density at radius 2 is 2.00 bits per heavy atom. The summed E-state index contributed by atoms with van der Waals surface area (Å²) in [4.78, 5) is 39.3. The van der Waals surface area contributed by atoms with Gasteiger partial charge in [-0.1, -0.05) is 18.2 Å². The molecule has 0 aromatic heterocycles. The number of hydrogen-bond donors (Lipinski definition) is 1. The van der Waals surface area contributed by atoms with Crippen LogP contribution in [-0.2, 0) is 20.9 Å². The maximum atomic E-state index is 12.3. The van der Waals surface area contributed by atoms with Crippen LogP contribution in [0.3, 0.4) is 0 Å². The molecule has 1 atom stereocenters. The molecule has 1 unspecified atom stereocenters. The number of nitrogens with zero attached hydrogens (tertiary/aromatic N) is 2. The van der Waals surface area contributed by atoms with Crippen LogP contribution >= 0.6 is 0 Å². The van der Waals surface area contributed by atoms with Gasteiger partial charge in [0.05, 0.1) is 5.92 Å². The van der Waals surface area contributed by atoms with E-state index >= 15 is 0 Å². The van der Waals surface area contributed by atoms with Crippen molar-refractivity contribution < 1.29 is 14.4 Å². The normalized spacial score (nSPS) is 20.2. The highest BCUT2D eigenvalue weighted by Gasteiger charge is 2.33. The Balaban J connectivity index is 1.51. The van der Waals surface area contributed by atoms with Gasteiger partial charge in [-0.25, -0.2) is 0 Å². The van der Waals surface area contributed by atoms with Crippen molar-refractivity contribution in [1.29, 1.82) is 0 Å². The third kappa shape index (κ3) is 3.90. The number of carbonyl (C=O) groups excluding carboxylic acids is 3. The second kappa shape index (κ2) is 7.51. The molecule has 1 N–H and O–H groups in total. The van der Waals surface area contributed by atoms with E-state index < -0.39 is 0 Å². The molecule has 0 spiro atoms. The predicted octanol–water partition coefficient (Wildman–Crippen LogP) is 1.46. The van der Waals surface area contributed by atoms with E-state index in [4.69, 9.17) is 0 Å². The van der Waals surface area contributed by atoms with Gasteiger partial charge in [-0.2, -0.15) is 0 Å². The van der Waals surface area contributed by atoms with E-state index in [9.17, 15) is 14.4 Å². The Morgan fingerprint density at radius 3 is 2.64 bits per heavy atom. The molecule has 0 bridgehead atoms. The molecular formula is C19H23N3O3. The second-order valence-electron chi connectivity index (χ2n) is 6.52. The fourth-order valence-corrected chi connectivity index (χ4v) is 3.33. The van der Waals surface area contributed by atoms with Gasteiger partial charge in [-0.05, 0) is 24.1 Å². The molecule has 132 valence electrons. The van der Waals surface area contributed by atoms with Crippen molar-refractivity contribution in [2.24, 2.45) is 5.92 Å². The van der Waals surface area contributed by atoms with E-state index in [0.29, 0.717) is 26.1 Å². The first-order valence-electron chi connectivity index (χ1n) is 8.64. The summed E-state index contributed by atoms with van der Waals surface area (Å²) in [5.74, 6) is -0.233. The molecule has 0 saturated carbocycles. The number of benzene rings is 1. The van der Waals surface area contributed by atoms with E-state index in [2.05, 4.69) is 11.9 Å². The lowest BCUT2D eigenvalue weighted by atomic mass is 10.1. The van der Waals surface area contributed by atoms with Gasteiger partial charge in [0.1, 0.15) is 0 Å². The minimum Gasteiger partial charge on any atom is -0.352 e. The topological polar surface area (TPSA) is 69.7 Å². The van der Waals surface area contributed by atoms with Gasteiger partial charge in [0, 0.05) is 44.7 Å². The highest BCUT2D eigenvalue weighted by molar-refractivity contribution is 5.95. The number of anilines is 1. The average molecular weight is 341 g/mol. The number of hydrogen-bond acceptors (Lipinski definition) is 3. The van der Waals surface area contributed by atoms with E-state index in [1.54, 1.807) is 15.9 Å². The minimum atomic E-state index is -0.297. The van der Waals surface area contributed by atoms with Crippen molar-refractivity contribution in [3.63, 3.8) is 0 Å². The molecule has 3 amide bonds. The van der Waals surface area contributed by atoms with Gasteiger partial charge in [-0.3, -0.25) is 14.4 Å². The van der Waals surface area contributed by atoms with Crippen LogP contribution in [-0.4, -0.2) is 42.3 Å². The maximum absolute atomic E-state index is 12.3. The molecule has 2 fully saturated rings. The molecule has 0 aliphatic carbocycles. The lowest BCUT2D eigenvalue weighted by Crippen LogP contribution is -2.32. The zero-order valence-corrected chi connectivity index (χ0v) is 14.2. The van der Waals surface area contributed by atoms with Gasteiger partial charge < -0.3 is 15.1 Å². The van der Waals surface area contributed by atoms with E-state index in [-0.39, 0.29) is 30.1 Å². The standard InChI is InChI=1S/C19H23N3O3/c1-2-9-21-13-15(11-18(21)24)19(25)20-12-14-5-7-16(8-6-14)22-10-3-4-17(22)23/h2,5-8,15H,1,3-4,9-13H2,(H,20,25). The van der Waals surface area contributed by atoms with Crippen molar-refractivity contribution in [1.82, 2.24) is 10.2 Å². The Hall–Kier alpha value is -2.63. The highest BCUT2D eigenvalue weighted by Crippen LogP contribution is 2.22. The Kier molecular flexibility index (Phi) is 5.16.